The number of methoxy groups -OCH3 is 1. The maximum Gasteiger partial charge on any atom is 0.345 e. The maximum atomic E-state index is 11.3. The van der Waals surface area contributed by atoms with Crippen molar-refractivity contribution >= 4 is 5.97 Å². The van der Waals surface area contributed by atoms with E-state index in [-0.39, 0.29) is 11.3 Å². The summed E-state index contributed by atoms with van der Waals surface area (Å²) in [7, 11) is 1.16. The van der Waals surface area contributed by atoms with Gasteiger partial charge in [-0.2, -0.15) is 0 Å². The molecular formula is C10H13NO4. The Balaban J connectivity index is 5.60. The quantitative estimate of drug-likeness (QED) is 0.229. The molecule has 0 unspecified atom stereocenters. The summed E-state index contributed by atoms with van der Waals surface area (Å²) in [4.78, 5) is 21.3. The standard InChI is InChI=1S/C10H13NO4/c1-5-7(3)9(10(12)15-4)8(6-2)11(13)14/h6H,2-3,5H2,1,4H3/b9-8-. The first-order valence-electron chi connectivity index (χ1n) is 4.27. The average molecular weight is 211 g/mol. The summed E-state index contributed by atoms with van der Waals surface area (Å²) in [5, 5.41) is 10.6. The number of carbonyl (C=O) groups is 1. The lowest BCUT2D eigenvalue weighted by Gasteiger charge is -2.06. The molecular weight excluding hydrogens is 198 g/mol. The zero-order valence-corrected chi connectivity index (χ0v) is 8.78. The molecule has 0 aromatic carbocycles. The van der Waals surface area contributed by atoms with Gasteiger partial charge in [-0.1, -0.05) is 20.1 Å². The molecule has 0 fully saturated rings. The number of nitrogens with zero attached hydrogens (tertiary/aromatic N) is 1. The second-order valence-corrected chi connectivity index (χ2v) is 2.67. The minimum Gasteiger partial charge on any atom is -0.465 e. The number of esters is 1. The Morgan fingerprint density at radius 3 is 2.40 bits per heavy atom. The van der Waals surface area contributed by atoms with Gasteiger partial charge in [0.25, 0.3) is 5.70 Å². The van der Waals surface area contributed by atoms with Crippen molar-refractivity contribution in [1.29, 1.82) is 0 Å². The second-order valence-electron chi connectivity index (χ2n) is 2.67. The molecule has 0 aliphatic heterocycles. The fourth-order valence-electron chi connectivity index (χ4n) is 0.977. The van der Waals surface area contributed by atoms with Crippen molar-refractivity contribution in [3.8, 4) is 0 Å². The number of nitro groups is 1. The van der Waals surface area contributed by atoms with Gasteiger partial charge in [0.15, 0.2) is 0 Å². The van der Waals surface area contributed by atoms with Crippen LogP contribution >= 0.6 is 0 Å². The van der Waals surface area contributed by atoms with Gasteiger partial charge in [0.1, 0.15) is 5.57 Å². The van der Waals surface area contributed by atoms with Gasteiger partial charge in [0, 0.05) is 6.08 Å². The third-order valence-electron chi connectivity index (χ3n) is 1.82. The summed E-state index contributed by atoms with van der Waals surface area (Å²) in [6.07, 6.45) is 1.43. The fourth-order valence-corrected chi connectivity index (χ4v) is 0.977. The molecule has 0 bridgehead atoms. The number of allylic oxidation sites excluding steroid dienone is 1. The van der Waals surface area contributed by atoms with Crippen molar-refractivity contribution in [2.75, 3.05) is 7.11 Å². The van der Waals surface area contributed by atoms with Gasteiger partial charge in [-0.3, -0.25) is 10.1 Å². The highest BCUT2D eigenvalue weighted by atomic mass is 16.6. The molecule has 0 aromatic heterocycles. The highest BCUT2D eigenvalue weighted by molar-refractivity contribution is 5.94. The maximum absolute atomic E-state index is 11.3. The Kier molecular flexibility index (Phi) is 5.01. The zero-order chi connectivity index (χ0) is 12.0. The lowest BCUT2D eigenvalue weighted by Crippen LogP contribution is -2.13. The Labute approximate surface area is 87.9 Å². The van der Waals surface area contributed by atoms with Crippen LogP contribution in [0.4, 0.5) is 0 Å². The lowest BCUT2D eigenvalue weighted by atomic mass is 10.0. The Bertz CT molecular complexity index is 323. The number of hydrogen-bond donors (Lipinski definition) is 0. The van der Waals surface area contributed by atoms with Crippen molar-refractivity contribution < 1.29 is 14.5 Å². The molecule has 0 rings (SSSR count). The summed E-state index contributed by atoms with van der Waals surface area (Å²) >= 11 is 0. The monoisotopic (exact) mass is 211 g/mol. The Morgan fingerprint density at radius 2 is 2.13 bits per heavy atom. The number of rotatable bonds is 5. The minimum atomic E-state index is -0.770. The molecule has 0 saturated carbocycles. The molecule has 0 spiro atoms. The molecule has 0 amide bonds. The van der Waals surface area contributed by atoms with Crippen LogP contribution in [-0.4, -0.2) is 18.0 Å². The van der Waals surface area contributed by atoms with E-state index in [1.165, 1.54) is 0 Å². The lowest BCUT2D eigenvalue weighted by molar-refractivity contribution is -0.419. The van der Waals surface area contributed by atoms with E-state index in [0.717, 1.165) is 13.2 Å². The summed E-state index contributed by atoms with van der Waals surface area (Å²) in [6, 6.07) is 0. The summed E-state index contributed by atoms with van der Waals surface area (Å²) in [6.45, 7) is 8.61. The van der Waals surface area contributed by atoms with Crippen molar-refractivity contribution in [2.45, 2.75) is 13.3 Å². The Hall–Kier alpha value is -1.91. The van der Waals surface area contributed by atoms with E-state index in [1.54, 1.807) is 6.92 Å². The van der Waals surface area contributed by atoms with Gasteiger partial charge in [-0.15, -0.1) is 0 Å². The first kappa shape index (κ1) is 13.1. The predicted molar refractivity (Wildman–Crippen MR) is 55.7 cm³/mol. The van der Waals surface area contributed by atoms with Crippen molar-refractivity contribution in [1.82, 2.24) is 0 Å². The molecule has 5 nitrogen and oxygen atoms in total. The van der Waals surface area contributed by atoms with Crippen LogP contribution in [0.3, 0.4) is 0 Å². The normalized spacial score (nSPS) is 11.3. The number of carbonyl (C=O) groups excluding carboxylic acids is 1. The zero-order valence-electron chi connectivity index (χ0n) is 8.78. The van der Waals surface area contributed by atoms with E-state index >= 15 is 0 Å². The van der Waals surface area contributed by atoms with E-state index in [9.17, 15) is 14.9 Å². The molecule has 0 aromatic rings. The first-order valence-corrected chi connectivity index (χ1v) is 4.27. The van der Waals surface area contributed by atoms with Crippen LogP contribution in [0.25, 0.3) is 0 Å². The third-order valence-corrected chi connectivity index (χ3v) is 1.82. The molecule has 0 heterocycles. The molecule has 0 atom stereocenters. The molecule has 0 N–H and O–H groups in total. The summed E-state index contributed by atoms with van der Waals surface area (Å²) in [5.74, 6) is -0.770. The second kappa shape index (κ2) is 5.74. The molecule has 0 aliphatic rings. The van der Waals surface area contributed by atoms with Crippen LogP contribution in [0.1, 0.15) is 13.3 Å². The van der Waals surface area contributed by atoms with Crippen LogP contribution < -0.4 is 0 Å². The van der Waals surface area contributed by atoms with Crippen LogP contribution in [0, 0.1) is 10.1 Å². The summed E-state index contributed by atoms with van der Waals surface area (Å²) in [5.41, 5.74) is -0.151. The van der Waals surface area contributed by atoms with Crippen LogP contribution in [-0.2, 0) is 9.53 Å². The SMILES string of the molecule is C=C/C(=C(\C(=C)CC)C(=O)OC)[N+](=O)[O-]. The van der Waals surface area contributed by atoms with Crippen molar-refractivity contribution in [2.24, 2.45) is 0 Å². The van der Waals surface area contributed by atoms with Crippen molar-refractivity contribution in [3.63, 3.8) is 0 Å². The van der Waals surface area contributed by atoms with Gasteiger partial charge in [-0.25, -0.2) is 4.79 Å². The highest BCUT2D eigenvalue weighted by Crippen LogP contribution is 2.19. The smallest absolute Gasteiger partial charge is 0.345 e. The highest BCUT2D eigenvalue weighted by Gasteiger charge is 2.24. The molecule has 0 aliphatic carbocycles. The summed E-state index contributed by atoms with van der Waals surface area (Å²) < 4.78 is 4.46. The van der Waals surface area contributed by atoms with Gasteiger partial charge in [0.2, 0.25) is 0 Å². The number of ether oxygens (including phenoxy) is 1. The van der Waals surface area contributed by atoms with E-state index in [2.05, 4.69) is 17.9 Å². The van der Waals surface area contributed by atoms with E-state index in [4.69, 9.17) is 0 Å². The number of hydrogen-bond acceptors (Lipinski definition) is 4. The first-order chi connectivity index (χ1) is 6.99. The Morgan fingerprint density at radius 1 is 1.60 bits per heavy atom. The average Bonchev–Trinajstić information content (AvgIpc) is 2.23. The van der Waals surface area contributed by atoms with E-state index in [0.29, 0.717) is 12.0 Å². The topological polar surface area (TPSA) is 69.4 Å². The molecule has 0 saturated heterocycles. The molecule has 0 radical (unpaired) electrons. The van der Waals surface area contributed by atoms with Gasteiger partial charge in [-0.05, 0) is 12.0 Å². The molecule has 15 heavy (non-hydrogen) atoms. The minimum absolute atomic E-state index is 0.125. The van der Waals surface area contributed by atoms with E-state index < -0.39 is 10.9 Å². The molecule has 82 valence electrons. The van der Waals surface area contributed by atoms with E-state index in [1.807, 2.05) is 0 Å². The predicted octanol–water partition coefficient (Wildman–Crippen LogP) is 1.84. The van der Waals surface area contributed by atoms with Crippen molar-refractivity contribution in [3.05, 3.63) is 46.2 Å². The largest absolute Gasteiger partial charge is 0.465 e. The van der Waals surface area contributed by atoms with Gasteiger partial charge < -0.3 is 4.74 Å². The fraction of sp³-hybridized carbons (Fsp3) is 0.300. The van der Waals surface area contributed by atoms with Gasteiger partial charge >= 0.3 is 5.97 Å². The van der Waals surface area contributed by atoms with Gasteiger partial charge in [0.05, 0.1) is 12.0 Å². The third kappa shape index (κ3) is 3.05. The van der Waals surface area contributed by atoms with Crippen LogP contribution in [0.5, 0.6) is 0 Å². The van der Waals surface area contributed by atoms with Crippen LogP contribution in [0.15, 0.2) is 36.1 Å². The molecule has 5 heteroatoms. The van der Waals surface area contributed by atoms with Crippen LogP contribution in [0.2, 0.25) is 0 Å².